The molecule has 8 heteroatoms. The topological polar surface area (TPSA) is 75.7 Å². The van der Waals surface area contributed by atoms with Gasteiger partial charge in [0, 0.05) is 4.47 Å². The van der Waals surface area contributed by atoms with Gasteiger partial charge in [0.05, 0.1) is 0 Å². The van der Waals surface area contributed by atoms with E-state index in [1.165, 1.54) is 12.1 Å². The molecule has 0 atom stereocenters. The summed E-state index contributed by atoms with van der Waals surface area (Å²) in [6.07, 6.45) is 0. The van der Waals surface area contributed by atoms with E-state index in [1.54, 1.807) is 6.07 Å². The Kier molecular flexibility index (Phi) is 4.33. The predicted molar refractivity (Wildman–Crippen MR) is 69.3 cm³/mol. The highest BCUT2D eigenvalue weighted by molar-refractivity contribution is 9.10. The summed E-state index contributed by atoms with van der Waals surface area (Å²) in [6, 6.07) is 4.15. The summed E-state index contributed by atoms with van der Waals surface area (Å²) in [6.45, 7) is -0.868. The van der Waals surface area contributed by atoms with Crippen LogP contribution in [-0.4, -0.2) is 42.3 Å². The number of benzene rings is 1. The standard InChI is InChI=1S/C12H10BrFN2O4/c13-7-1-2-9(8(14)3-7)20-6-12(19)16-4-10(17)15-11(18)5-16/h1-3H,4-6H2,(H,15,17,18). The lowest BCUT2D eigenvalue weighted by atomic mass is 10.3. The van der Waals surface area contributed by atoms with Crippen LogP contribution in [0.4, 0.5) is 4.39 Å². The highest BCUT2D eigenvalue weighted by Crippen LogP contribution is 2.21. The lowest BCUT2D eigenvalue weighted by Gasteiger charge is -2.25. The number of nitrogens with zero attached hydrogens (tertiary/aromatic N) is 1. The molecule has 0 bridgehead atoms. The monoisotopic (exact) mass is 344 g/mol. The average molecular weight is 345 g/mol. The van der Waals surface area contributed by atoms with Crippen LogP contribution in [0.3, 0.4) is 0 Å². The highest BCUT2D eigenvalue weighted by Gasteiger charge is 2.26. The largest absolute Gasteiger partial charge is 0.481 e. The van der Waals surface area contributed by atoms with Crippen LogP contribution in [0.15, 0.2) is 22.7 Å². The summed E-state index contributed by atoms with van der Waals surface area (Å²) >= 11 is 3.10. The number of rotatable bonds is 3. The first-order valence-electron chi connectivity index (χ1n) is 5.64. The number of halogens is 2. The molecule has 0 saturated carbocycles. The van der Waals surface area contributed by atoms with E-state index in [0.717, 1.165) is 4.90 Å². The molecule has 1 saturated heterocycles. The van der Waals surface area contributed by atoms with Crippen LogP contribution in [0.2, 0.25) is 0 Å². The minimum Gasteiger partial charge on any atom is -0.481 e. The molecular formula is C12H10BrFN2O4. The third-order valence-corrected chi connectivity index (χ3v) is 3.04. The number of imide groups is 1. The Bertz CT molecular complexity index is 563. The molecule has 1 heterocycles. The molecule has 1 aliphatic rings. The number of carbonyl (C=O) groups is 3. The molecule has 1 aliphatic heterocycles. The average Bonchev–Trinajstić information content (AvgIpc) is 2.36. The Morgan fingerprint density at radius 1 is 1.35 bits per heavy atom. The summed E-state index contributed by atoms with van der Waals surface area (Å²) in [4.78, 5) is 35.1. The van der Waals surface area contributed by atoms with Crippen LogP contribution in [-0.2, 0) is 14.4 Å². The van der Waals surface area contributed by atoms with Gasteiger partial charge in [-0.2, -0.15) is 0 Å². The molecule has 0 aliphatic carbocycles. The van der Waals surface area contributed by atoms with Crippen molar-refractivity contribution in [2.24, 2.45) is 0 Å². The Balaban J connectivity index is 1.95. The van der Waals surface area contributed by atoms with Crippen molar-refractivity contribution >= 4 is 33.7 Å². The van der Waals surface area contributed by atoms with Crippen molar-refractivity contribution in [2.75, 3.05) is 19.7 Å². The molecule has 0 unspecified atom stereocenters. The lowest BCUT2D eigenvalue weighted by Crippen LogP contribution is -2.54. The first-order chi connectivity index (χ1) is 9.45. The van der Waals surface area contributed by atoms with Gasteiger partial charge < -0.3 is 9.64 Å². The second kappa shape index (κ2) is 6.00. The molecular weight excluding hydrogens is 335 g/mol. The van der Waals surface area contributed by atoms with Gasteiger partial charge in [0.1, 0.15) is 13.1 Å². The van der Waals surface area contributed by atoms with Crippen molar-refractivity contribution in [3.63, 3.8) is 0 Å². The Labute approximate surface area is 122 Å². The summed E-state index contributed by atoms with van der Waals surface area (Å²) in [5.41, 5.74) is 0. The maximum Gasteiger partial charge on any atom is 0.261 e. The van der Waals surface area contributed by atoms with Gasteiger partial charge in [-0.25, -0.2) is 4.39 Å². The van der Waals surface area contributed by atoms with Crippen LogP contribution >= 0.6 is 15.9 Å². The predicted octanol–water partition coefficient (Wildman–Crippen LogP) is 0.452. The molecule has 20 heavy (non-hydrogen) atoms. The molecule has 106 valence electrons. The van der Waals surface area contributed by atoms with Gasteiger partial charge in [-0.1, -0.05) is 15.9 Å². The fourth-order valence-electron chi connectivity index (χ4n) is 1.64. The smallest absolute Gasteiger partial charge is 0.261 e. The van der Waals surface area contributed by atoms with Crippen molar-refractivity contribution in [3.05, 3.63) is 28.5 Å². The van der Waals surface area contributed by atoms with Crippen molar-refractivity contribution < 1.29 is 23.5 Å². The molecule has 3 amide bonds. The van der Waals surface area contributed by atoms with Crippen LogP contribution < -0.4 is 10.1 Å². The second-order valence-electron chi connectivity index (χ2n) is 4.08. The Morgan fingerprint density at radius 3 is 2.60 bits per heavy atom. The molecule has 2 rings (SSSR count). The molecule has 1 aromatic rings. The van der Waals surface area contributed by atoms with Gasteiger partial charge in [-0.3, -0.25) is 19.7 Å². The van der Waals surface area contributed by atoms with E-state index in [4.69, 9.17) is 4.74 Å². The van der Waals surface area contributed by atoms with Gasteiger partial charge in [-0.05, 0) is 18.2 Å². The molecule has 1 aromatic carbocycles. The first kappa shape index (κ1) is 14.4. The molecule has 6 nitrogen and oxygen atoms in total. The minimum absolute atomic E-state index is 0.0747. The summed E-state index contributed by atoms with van der Waals surface area (Å²) in [5, 5.41) is 2.08. The fourth-order valence-corrected chi connectivity index (χ4v) is 1.97. The zero-order valence-electron chi connectivity index (χ0n) is 10.2. The van der Waals surface area contributed by atoms with E-state index < -0.39 is 30.1 Å². The minimum atomic E-state index is -0.611. The zero-order chi connectivity index (χ0) is 14.7. The number of amides is 3. The van der Waals surface area contributed by atoms with Crippen molar-refractivity contribution in [2.45, 2.75) is 0 Å². The SMILES string of the molecule is O=C1CN(C(=O)COc2ccc(Br)cc2F)CC(=O)N1. The van der Waals surface area contributed by atoms with Crippen LogP contribution in [0.25, 0.3) is 0 Å². The van der Waals surface area contributed by atoms with E-state index >= 15 is 0 Å². The number of hydrogen-bond donors (Lipinski definition) is 1. The highest BCUT2D eigenvalue weighted by atomic mass is 79.9. The Morgan fingerprint density at radius 2 is 2.00 bits per heavy atom. The molecule has 0 aromatic heterocycles. The maximum atomic E-state index is 13.5. The van der Waals surface area contributed by atoms with Crippen LogP contribution in [0.1, 0.15) is 0 Å². The van der Waals surface area contributed by atoms with E-state index in [-0.39, 0.29) is 18.8 Å². The quantitative estimate of drug-likeness (QED) is 0.808. The fraction of sp³-hybridized carbons (Fsp3) is 0.250. The third-order valence-electron chi connectivity index (χ3n) is 2.55. The van der Waals surface area contributed by atoms with Crippen molar-refractivity contribution in [1.82, 2.24) is 10.2 Å². The lowest BCUT2D eigenvalue weighted by molar-refractivity contribution is -0.146. The van der Waals surface area contributed by atoms with Crippen LogP contribution in [0, 0.1) is 5.82 Å². The van der Waals surface area contributed by atoms with E-state index in [0.29, 0.717) is 4.47 Å². The van der Waals surface area contributed by atoms with E-state index in [1.807, 2.05) is 0 Å². The molecule has 0 radical (unpaired) electrons. The zero-order valence-corrected chi connectivity index (χ0v) is 11.8. The van der Waals surface area contributed by atoms with Gasteiger partial charge in [0.2, 0.25) is 11.8 Å². The van der Waals surface area contributed by atoms with Gasteiger partial charge in [-0.15, -0.1) is 0 Å². The van der Waals surface area contributed by atoms with Gasteiger partial charge >= 0.3 is 0 Å². The Hall–Kier alpha value is -1.96. The molecule has 1 fully saturated rings. The first-order valence-corrected chi connectivity index (χ1v) is 6.43. The van der Waals surface area contributed by atoms with Gasteiger partial charge in [0.15, 0.2) is 18.2 Å². The number of piperazine rings is 1. The maximum absolute atomic E-state index is 13.5. The molecule has 0 spiro atoms. The second-order valence-corrected chi connectivity index (χ2v) is 5.00. The van der Waals surface area contributed by atoms with Crippen molar-refractivity contribution in [3.8, 4) is 5.75 Å². The number of ether oxygens (including phenoxy) is 1. The van der Waals surface area contributed by atoms with E-state index in [2.05, 4.69) is 21.2 Å². The van der Waals surface area contributed by atoms with Gasteiger partial charge in [0.25, 0.3) is 5.91 Å². The summed E-state index contributed by atoms with van der Waals surface area (Å²) < 4.78 is 19.1. The van der Waals surface area contributed by atoms with Crippen LogP contribution in [0.5, 0.6) is 5.75 Å². The summed E-state index contributed by atoms with van der Waals surface area (Å²) in [5.74, 6) is -2.35. The summed E-state index contributed by atoms with van der Waals surface area (Å²) in [7, 11) is 0. The third kappa shape index (κ3) is 3.53. The molecule has 1 N–H and O–H groups in total. The number of hydrogen-bond acceptors (Lipinski definition) is 4. The number of nitrogens with one attached hydrogen (secondary N) is 1. The van der Waals surface area contributed by atoms with E-state index in [9.17, 15) is 18.8 Å². The van der Waals surface area contributed by atoms with Crippen molar-refractivity contribution in [1.29, 1.82) is 0 Å². The normalized spacial score (nSPS) is 15.0. The number of carbonyl (C=O) groups excluding carboxylic acids is 3.